The van der Waals surface area contributed by atoms with Crippen LogP contribution < -0.4 is 16.4 Å². The van der Waals surface area contributed by atoms with E-state index in [2.05, 4.69) is 12.1 Å². The fourth-order valence-corrected chi connectivity index (χ4v) is 2.42. The van der Waals surface area contributed by atoms with Gasteiger partial charge in [0, 0.05) is 12.2 Å². The van der Waals surface area contributed by atoms with Crippen LogP contribution in [0.4, 0.5) is 5.69 Å². The van der Waals surface area contributed by atoms with E-state index < -0.39 is 0 Å². The lowest BCUT2D eigenvalue weighted by molar-refractivity contribution is -0.117. The highest BCUT2D eigenvalue weighted by Crippen LogP contribution is 2.30. The lowest BCUT2D eigenvalue weighted by Crippen LogP contribution is -2.28. The average Bonchev–Trinajstić information content (AvgIpc) is 2.66. The summed E-state index contributed by atoms with van der Waals surface area (Å²) < 4.78 is 0. The molecule has 1 heterocycles. The molecule has 98 valence electrons. The zero-order chi connectivity index (χ0) is 13.0. The Balaban J connectivity index is 2.11. The van der Waals surface area contributed by atoms with Crippen LogP contribution in [0.3, 0.4) is 0 Å². The molecule has 0 unspecified atom stereocenters. The summed E-state index contributed by atoms with van der Waals surface area (Å²) in [4.78, 5) is 13.9. The molecule has 0 saturated heterocycles. The molecule has 0 fully saturated rings. The van der Waals surface area contributed by atoms with E-state index >= 15 is 0 Å². The zero-order valence-electron chi connectivity index (χ0n) is 10.7. The maximum Gasteiger partial charge on any atom is 0.231 e. The molecule has 0 aromatic heterocycles. The maximum absolute atomic E-state index is 12.0. The highest BCUT2D eigenvalue weighted by atomic mass is 16.2. The number of anilines is 1. The second-order valence-electron chi connectivity index (χ2n) is 4.72. The number of benzene rings is 1. The van der Waals surface area contributed by atoms with E-state index in [9.17, 15) is 4.79 Å². The van der Waals surface area contributed by atoms with Gasteiger partial charge in [0.25, 0.3) is 0 Å². The minimum atomic E-state index is 0.201. The largest absolute Gasteiger partial charge is 0.330 e. The van der Waals surface area contributed by atoms with Gasteiger partial charge in [0.15, 0.2) is 0 Å². The molecule has 4 nitrogen and oxygen atoms in total. The predicted molar refractivity (Wildman–Crippen MR) is 73.5 cm³/mol. The van der Waals surface area contributed by atoms with Crippen LogP contribution in [-0.2, 0) is 17.6 Å². The first-order valence-corrected chi connectivity index (χ1v) is 6.58. The molecule has 0 bridgehead atoms. The molecule has 4 N–H and O–H groups in total. The number of rotatable bonds is 6. The fraction of sp³-hybridized carbons (Fsp3) is 0.500. The molecule has 4 heteroatoms. The molecule has 0 saturated carbocycles. The molecular formula is C14H21N3O. The van der Waals surface area contributed by atoms with E-state index in [4.69, 9.17) is 11.5 Å². The van der Waals surface area contributed by atoms with Crippen molar-refractivity contribution in [2.24, 2.45) is 11.5 Å². The van der Waals surface area contributed by atoms with Crippen molar-refractivity contribution in [3.8, 4) is 0 Å². The Morgan fingerprint density at radius 2 is 2.00 bits per heavy atom. The number of hydrogen-bond donors (Lipinski definition) is 2. The third-order valence-electron chi connectivity index (χ3n) is 3.35. The predicted octanol–water partition coefficient (Wildman–Crippen LogP) is 0.816. The van der Waals surface area contributed by atoms with Crippen LogP contribution >= 0.6 is 0 Å². The van der Waals surface area contributed by atoms with Gasteiger partial charge in [0.05, 0.1) is 6.42 Å². The van der Waals surface area contributed by atoms with Crippen molar-refractivity contribution < 1.29 is 4.79 Å². The summed E-state index contributed by atoms with van der Waals surface area (Å²) in [5, 5.41) is 0. The van der Waals surface area contributed by atoms with Crippen molar-refractivity contribution in [1.82, 2.24) is 0 Å². The normalized spacial score (nSPS) is 14.1. The molecule has 1 aliphatic heterocycles. The van der Waals surface area contributed by atoms with Gasteiger partial charge >= 0.3 is 0 Å². The molecule has 0 radical (unpaired) electrons. The van der Waals surface area contributed by atoms with E-state index in [-0.39, 0.29) is 5.91 Å². The number of unbranched alkanes of at least 4 members (excludes halogenated alkanes) is 1. The van der Waals surface area contributed by atoms with Gasteiger partial charge in [-0.15, -0.1) is 0 Å². The first-order chi connectivity index (χ1) is 8.76. The van der Waals surface area contributed by atoms with Crippen LogP contribution in [0.15, 0.2) is 18.2 Å². The van der Waals surface area contributed by atoms with E-state index in [1.165, 1.54) is 5.56 Å². The molecule has 18 heavy (non-hydrogen) atoms. The molecule has 0 atom stereocenters. The van der Waals surface area contributed by atoms with Crippen molar-refractivity contribution in [3.63, 3.8) is 0 Å². The van der Waals surface area contributed by atoms with Gasteiger partial charge in [-0.1, -0.05) is 12.1 Å². The van der Waals surface area contributed by atoms with Crippen molar-refractivity contribution in [3.05, 3.63) is 29.3 Å². The summed E-state index contributed by atoms with van der Waals surface area (Å²) in [6, 6.07) is 6.23. The van der Waals surface area contributed by atoms with E-state index in [0.717, 1.165) is 37.1 Å². The Hall–Kier alpha value is -1.39. The van der Waals surface area contributed by atoms with E-state index in [0.29, 0.717) is 19.5 Å². The van der Waals surface area contributed by atoms with E-state index in [1.54, 1.807) is 0 Å². The molecule has 1 aromatic rings. The van der Waals surface area contributed by atoms with Crippen molar-refractivity contribution in [2.45, 2.75) is 25.7 Å². The van der Waals surface area contributed by atoms with Gasteiger partial charge in [-0.2, -0.15) is 0 Å². The smallest absolute Gasteiger partial charge is 0.231 e. The number of hydrogen-bond acceptors (Lipinski definition) is 3. The van der Waals surface area contributed by atoms with Crippen molar-refractivity contribution in [1.29, 1.82) is 0 Å². The molecule has 0 spiro atoms. The number of fused-ring (bicyclic) bond motifs is 1. The average molecular weight is 247 g/mol. The summed E-state index contributed by atoms with van der Waals surface area (Å²) in [5.41, 5.74) is 14.5. The monoisotopic (exact) mass is 247 g/mol. The van der Waals surface area contributed by atoms with Gasteiger partial charge < -0.3 is 16.4 Å². The zero-order valence-corrected chi connectivity index (χ0v) is 10.7. The SMILES string of the molecule is NCCCCN1C(=O)Cc2cc(CCN)ccc21. The first kappa shape index (κ1) is 13.1. The molecule has 2 rings (SSSR count). The first-order valence-electron chi connectivity index (χ1n) is 6.58. The number of carbonyl (C=O) groups excluding carboxylic acids is 1. The molecule has 1 aliphatic rings. The van der Waals surface area contributed by atoms with Gasteiger partial charge in [-0.05, 0) is 49.5 Å². The van der Waals surface area contributed by atoms with Crippen LogP contribution in [0.25, 0.3) is 0 Å². The van der Waals surface area contributed by atoms with Gasteiger partial charge in [-0.3, -0.25) is 4.79 Å². The minimum absolute atomic E-state index is 0.201. The quantitative estimate of drug-likeness (QED) is 0.731. The second kappa shape index (κ2) is 5.98. The van der Waals surface area contributed by atoms with Crippen LogP contribution in [0.5, 0.6) is 0 Å². The highest BCUT2D eigenvalue weighted by Gasteiger charge is 2.26. The summed E-state index contributed by atoms with van der Waals surface area (Å²) >= 11 is 0. The van der Waals surface area contributed by atoms with Gasteiger partial charge in [-0.25, -0.2) is 0 Å². The molecule has 1 amide bonds. The summed E-state index contributed by atoms with van der Waals surface area (Å²) in [5.74, 6) is 0.201. The Morgan fingerprint density at radius 1 is 1.17 bits per heavy atom. The second-order valence-corrected chi connectivity index (χ2v) is 4.72. The summed E-state index contributed by atoms with van der Waals surface area (Å²) in [7, 11) is 0. The number of carbonyl (C=O) groups is 1. The number of amides is 1. The van der Waals surface area contributed by atoms with Gasteiger partial charge in [0.2, 0.25) is 5.91 Å². The molecule has 0 aliphatic carbocycles. The van der Waals surface area contributed by atoms with Crippen LogP contribution in [0.2, 0.25) is 0 Å². The lowest BCUT2D eigenvalue weighted by atomic mass is 10.1. The standard InChI is InChI=1S/C14H21N3O/c15-6-1-2-8-17-13-4-3-11(5-7-16)9-12(13)10-14(17)18/h3-4,9H,1-2,5-8,10,15-16H2. The third-order valence-corrected chi connectivity index (χ3v) is 3.35. The maximum atomic E-state index is 12.0. The number of nitrogens with two attached hydrogens (primary N) is 2. The van der Waals surface area contributed by atoms with Crippen molar-refractivity contribution >= 4 is 11.6 Å². The Kier molecular flexibility index (Phi) is 4.33. The molecular weight excluding hydrogens is 226 g/mol. The fourth-order valence-electron chi connectivity index (χ4n) is 2.42. The van der Waals surface area contributed by atoms with Crippen LogP contribution in [0.1, 0.15) is 24.0 Å². The topological polar surface area (TPSA) is 72.3 Å². The molecule has 1 aromatic carbocycles. The van der Waals surface area contributed by atoms with Crippen LogP contribution in [0, 0.1) is 0 Å². The van der Waals surface area contributed by atoms with Gasteiger partial charge in [0.1, 0.15) is 0 Å². The van der Waals surface area contributed by atoms with Crippen molar-refractivity contribution in [2.75, 3.05) is 24.5 Å². The Labute approximate surface area is 108 Å². The third kappa shape index (κ3) is 2.71. The Morgan fingerprint density at radius 3 is 2.72 bits per heavy atom. The summed E-state index contributed by atoms with van der Waals surface area (Å²) in [6.45, 7) is 2.11. The number of nitrogens with zero attached hydrogens (tertiary/aromatic N) is 1. The van der Waals surface area contributed by atoms with E-state index in [1.807, 2.05) is 11.0 Å². The van der Waals surface area contributed by atoms with Crippen LogP contribution in [-0.4, -0.2) is 25.5 Å². The highest BCUT2D eigenvalue weighted by molar-refractivity contribution is 6.01. The lowest BCUT2D eigenvalue weighted by Gasteiger charge is -2.17. The Bertz CT molecular complexity index is 431. The minimum Gasteiger partial charge on any atom is -0.330 e. The summed E-state index contributed by atoms with van der Waals surface area (Å²) in [6.07, 6.45) is 3.32.